The first-order valence-corrected chi connectivity index (χ1v) is 5.76. The van der Waals surface area contributed by atoms with E-state index >= 15 is 0 Å². The summed E-state index contributed by atoms with van der Waals surface area (Å²) in [4.78, 5) is 11.8. The number of ether oxygens (including phenoxy) is 1. The van der Waals surface area contributed by atoms with Gasteiger partial charge in [-0.25, -0.2) is 0 Å². The minimum Gasteiger partial charge on any atom is -0.480 e. The van der Waals surface area contributed by atoms with E-state index in [-0.39, 0.29) is 17.3 Å². The lowest BCUT2D eigenvalue weighted by atomic mass is 10.2. The minimum absolute atomic E-state index is 0.0238. The average molecular weight is 297 g/mol. The molecule has 0 atom stereocenters. The summed E-state index contributed by atoms with van der Waals surface area (Å²) in [6, 6.07) is 6.94. The maximum Gasteiger partial charge on any atom is 0.416 e. The molecule has 0 saturated heterocycles. The van der Waals surface area contributed by atoms with Crippen molar-refractivity contribution >= 4 is 11.6 Å². The number of amides is 1. The number of methoxy groups -OCH3 is 1. The summed E-state index contributed by atoms with van der Waals surface area (Å²) in [6.07, 6.45) is -4.41. The number of carbonyl (C=O) groups is 1. The molecule has 5 nitrogen and oxygen atoms in total. The van der Waals surface area contributed by atoms with Gasteiger partial charge in [-0.1, -0.05) is 0 Å². The molecule has 1 N–H and O–H groups in total. The Morgan fingerprint density at radius 1 is 1.10 bits per heavy atom. The van der Waals surface area contributed by atoms with Crippen molar-refractivity contribution in [3.63, 3.8) is 0 Å². The number of alkyl halides is 3. The predicted molar refractivity (Wildman–Crippen MR) is 68.0 cm³/mol. The zero-order valence-corrected chi connectivity index (χ0v) is 10.8. The van der Waals surface area contributed by atoms with Crippen molar-refractivity contribution < 1.29 is 22.7 Å². The molecule has 0 saturated carbocycles. The molecular weight excluding hydrogens is 287 g/mol. The monoisotopic (exact) mass is 297 g/mol. The van der Waals surface area contributed by atoms with Gasteiger partial charge < -0.3 is 10.1 Å². The summed E-state index contributed by atoms with van der Waals surface area (Å²) < 4.78 is 42.0. The number of hydrogen-bond acceptors (Lipinski definition) is 4. The van der Waals surface area contributed by atoms with Crippen LogP contribution in [0.2, 0.25) is 0 Å². The summed E-state index contributed by atoms with van der Waals surface area (Å²) in [5.74, 6) is -0.328. The van der Waals surface area contributed by atoms with Gasteiger partial charge in [0, 0.05) is 11.8 Å². The lowest BCUT2D eigenvalue weighted by Gasteiger charge is -2.08. The number of nitrogens with one attached hydrogen (secondary N) is 1. The van der Waals surface area contributed by atoms with Gasteiger partial charge in [-0.15, -0.1) is 10.2 Å². The third-order valence-electron chi connectivity index (χ3n) is 2.55. The summed E-state index contributed by atoms with van der Waals surface area (Å²) in [5, 5.41) is 9.68. The molecule has 2 rings (SSSR count). The Morgan fingerprint density at radius 2 is 1.76 bits per heavy atom. The fourth-order valence-electron chi connectivity index (χ4n) is 1.49. The molecule has 8 heteroatoms. The van der Waals surface area contributed by atoms with Crippen LogP contribution in [0.4, 0.5) is 18.9 Å². The molecule has 0 spiro atoms. The van der Waals surface area contributed by atoms with Crippen LogP contribution in [0, 0.1) is 0 Å². The molecule has 110 valence electrons. The van der Waals surface area contributed by atoms with Gasteiger partial charge in [0.2, 0.25) is 5.88 Å². The van der Waals surface area contributed by atoms with Crippen LogP contribution in [0.1, 0.15) is 16.1 Å². The van der Waals surface area contributed by atoms with Crippen LogP contribution >= 0.6 is 0 Å². The van der Waals surface area contributed by atoms with Crippen LogP contribution < -0.4 is 10.1 Å². The van der Waals surface area contributed by atoms with Crippen LogP contribution in [0.5, 0.6) is 5.88 Å². The maximum absolute atomic E-state index is 12.4. The number of rotatable bonds is 3. The zero-order valence-electron chi connectivity index (χ0n) is 10.8. The second-order valence-electron chi connectivity index (χ2n) is 3.99. The van der Waals surface area contributed by atoms with E-state index in [1.807, 2.05) is 0 Å². The number of anilines is 1. The fraction of sp³-hybridized carbons (Fsp3) is 0.154. The second-order valence-corrected chi connectivity index (χ2v) is 3.99. The number of aromatic nitrogens is 2. The van der Waals surface area contributed by atoms with E-state index in [4.69, 9.17) is 4.74 Å². The minimum atomic E-state index is -4.41. The highest BCUT2D eigenvalue weighted by molar-refractivity contribution is 6.02. The van der Waals surface area contributed by atoms with E-state index < -0.39 is 17.6 Å². The molecule has 0 unspecified atom stereocenters. The lowest BCUT2D eigenvalue weighted by molar-refractivity contribution is -0.137. The van der Waals surface area contributed by atoms with Crippen molar-refractivity contribution in [1.29, 1.82) is 0 Å². The van der Waals surface area contributed by atoms with Crippen LogP contribution in [0.15, 0.2) is 36.4 Å². The Balaban J connectivity index is 2.08. The molecule has 21 heavy (non-hydrogen) atoms. The lowest BCUT2D eigenvalue weighted by Crippen LogP contribution is -2.14. The van der Waals surface area contributed by atoms with E-state index in [2.05, 4.69) is 15.5 Å². The van der Waals surface area contributed by atoms with Crippen molar-refractivity contribution in [2.24, 2.45) is 0 Å². The Hall–Kier alpha value is -2.64. The Morgan fingerprint density at radius 3 is 2.24 bits per heavy atom. The van der Waals surface area contributed by atoms with Crippen molar-refractivity contribution in [3.8, 4) is 5.88 Å². The SMILES string of the molecule is COc1ccc(C(=O)Nc2ccc(C(F)(F)F)cc2)nn1. The normalized spacial score (nSPS) is 11.0. The molecule has 0 aliphatic carbocycles. The molecule has 0 radical (unpaired) electrons. The first-order valence-electron chi connectivity index (χ1n) is 5.76. The van der Waals surface area contributed by atoms with Crippen LogP contribution in [-0.4, -0.2) is 23.2 Å². The van der Waals surface area contributed by atoms with Gasteiger partial charge in [0.05, 0.1) is 12.7 Å². The third kappa shape index (κ3) is 3.68. The van der Waals surface area contributed by atoms with Gasteiger partial charge in [0.25, 0.3) is 5.91 Å². The average Bonchev–Trinajstić information content (AvgIpc) is 2.47. The van der Waals surface area contributed by atoms with Crippen LogP contribution in [-0.2, 0) is 6.18 Å². The molecular formula is C13H10F3N3O2. The zero-order chi connectivity index (χ0) is 15.5. The fourth-order valence-corrected chi connectivity index (χ4v) is 1.49. The molecule has 0 bridgehead atoms. The summed E-state index contributed by atoms with van der Waals surface area (Å²) >= 11 is 0. The number of halogens is 3. The number of benzene rings is 1. The molecule has 1 heterocycles. The van der Waals surface area contributed by atoms with E-state index in [0.29, 0.717) is 0 Å². The highest BCUT2D eigenvalue weighted by Gasteiger charge is 2.30. The quantitative estimate of drug-likeness (QED) is 0.946. The Kier molecular flexibility index (Phi) is 4.06. The van der Waals surface area contributed by atoms with E-state index in [1.165, 1.54) is 19.2 Å². The molecule has 0 aliphatic rings. The van der Waals surface area contributed by atoms with Gasteiger partial charge in [0.15, 0.2) is 5.69 Å². The first-order chi connectivity index (χ1) is 9.90. The first kappa shape index (κ1) is 14.8. The maximum atomic E-state index is 12.4. The predicted octanol–water partition coefficient (Wildman–Crippen LogP) is 2.76. The summed E-state index contributed by atoms with van der Waals surface area (Å²) in [6.45, 7) is 0. The van der Waals surface area contributed by atoms with Gasteiger partial charge in [0.1, 0.15) is 0 Å². The number of carbonyl (C=O) groups excluding carboxylic acids is 1. The molecule has 2 aromatic rings. The van der Waals surface area contributed by atoms with E-state index in [1.54, 1.807) is 0 Å². The largest absolute Gasteiger partial charge is 0.480 e. The van der Waals surface area contributed by atoms with Gasteiger partial charge in [-0.05, 0) is 30.3 Å². The van der Waals surface area contributed by atoms with Gasteiger partial charge in [-0.2, -0.15) is 13.2 Å². The van der Waals surface area contributed by atoms with Crippen LogP contribution in [0.3, 0.4) is 0 Å². The van der Waals surface area contributed by atoms with E-state index in [0.717, 1.165) is 24.3 Å². The van der Waals surface area contributed by atoms with Crippen molar-refractivity contribution in [2.45, 2.75) is 6.18 Å². The van der Waals surface area contributed by atoms with Gasteiger partial charge in [-0.3, -0.25) is 4.79 Å². The highest BCUT2D eigenvalue weighted by atomic mass is 19.4. The number of nitrogens with zero attached hydrogens (tertiary/aromatic N) is 2. The smallest absolute Gasteiger partial charge is 0.416 e. The highest BCUT2D eigenvalue weighted by Crippen LogP contribution is 2.29. The molecule has 0 fully saturated rings. The Labute approximate surface area is 117 Å². The molecule has 1 amide bonds. The third-order valence-corrected chi connectivity index (χ3v) is 2.55. The number of hydrogen-bond donors (Lipinski definition) is 1. The Bertz CT molecular complexity index is 625. The second kappa shape index (κ2) is 5.78. The van der Waals surface area contributed by atoms with Crippen molar-refractivity contribution in [3.05, 3.63) is 47.7 Å². The molecule has 1 aromatic heterocycles. The summed E-state index contributed by atoms with van der Waals surface area (Å²) in [5.41, 5.74) is -0.536. The van der Waals surface area contributed by atoms with Gasteiger partial charge >= 0.3 is 6.18 Å². The van der Waals surface area contributed by atoms with Crippen molar-refractivity contribution in [1.82, 2.24) is 10.2 Å². The van der Waals surface area contributed by atoms with Crippen LogP contribution in [0.25, 0.3) is 0 Å². The summed E-state index contributed by atoms with van der Waals surface area (Å²) in [7, 11) is 1.41. The molecule has 1 aromatic carbocycles. The van der Waals surface area contributed by atoms with Crippen molar-refractivity contribution in [2.75, 3.05) is 12.4 Å². The standard InChI is InChI=1S/C13H10F3N3O2/c1-21-11-7-6-10(18-19-11)12(20)17-9-4-2-8(3-5-9)13(14,15)16/h2-7H,1H3,(H,17,20). The topological polar surface area (TPSA) is 64.1 Å². The van der Waals surface area contributed by atoms with E-state index in [9.17, 15) is 18.0 Å². The molecule has 0 aliphatic heterocycles.